The molecule has 0 saturated carbocycles. The number of benzene rings is 1. The third kappa shape index (κ3) is 2.94. The molecule has 0 radical (unpaired) electrons. The van der Waals surface area contributed by atoms with Gasteiger partial charge in [-0.3, -0.25) is 0 Å². The lowest BCUT2D eigenvalue weighted by Gasteiger charge is -2.21. The van der Waals surface area contributed by atoms with Gasteiger partial charge in [-0.1, -0.05) is 6.92 Å². The largest absolute Gasteiger partial charge is 0.496 e. The molecule has 102 valence electrons. The molecular formula is C14H24N2O2. The minimum Gasteiger partial charge on any atom is -0.496 e. The Morgan fingerprint density at radius 1 is 1.22 bits per heavy atom. The van der Waals surface area contributed by atoms with Crippen LogP contribution in [0.1, 0.15) is 29.7 Å². The Morgan fingerprint density at radius 3 is 2.39 bits per heavy atom. The van der Waals surface area contributed by atoms with Gasteiger partial charge >= 0.3 is 0 Å². The van der Waals surface area contributed by atoms with Crippen molar-refractivity contribution < 1.29 is 9.47 Å². The standard InChI is InChI=1S/C14H24N2O2/c1-6-16-8-12(15)11-7-13(17-4)9(2)10(3)14(11)18-5/h7,12,16H,6,8,15H2,1-5H3. The lowest BCUT2D eigenvalue weighted by molar-refractivity contribution is 0.389. The van der Waals surface area contributed by atoms with Crippen molar-refractivity contribution in [3.63, 3.8) is 0 Å². The molecule has 0 spiro atoms. The zero-order chi connectivity index (χ0) is 13.7. The van der Waals surface area contributed by atoms with Gasteiger partial charge in [-0.25, -0.2) is 0 Å². The van der Waals surface area contributed by atoms with Crippen LogP contribution in [0.5, 0.6) is 11.5 Å². The van der Waals surface area contributed by atoms with Crippen molar-refractivity contribution in [1.82, 2.24) is 5.32 Å². The maximum atomic E-state index is 6.20. The van der Waals surface area contributed by atoms with Gasteiger partial charge in [-0.15, -0.1) is 0 Å². The summed E-state index contributed by atoms with van der Waals surface area (Å²) in [5.74, 6) is 1.72. The number of hydrogen-bond donors (Lipinski definition) is 2. The maximum Gasteiger partial charge on any atom is 0.127 e. The second kappa shape index (κ2) is 6.61. The van der Waals surface area contributed by atoms with Crippen molar-refractivity contribution in [2.45, 2.75) is 26.8 Å². The van der Waals surface area contributed by atoms with E-state index in [1.807, 2.05) is 19.9 Å². The normalized spacial score (nSPS) is 12.3. The Labute approximate surface area is 109 Å². The smallest absolute Gasteiger partial charge is 0.127 e. The van der Waals surface area contributed by atoms with Gasteiger partial charge in [0.15, 0.2) is 0 Å². The summed E-state index contributed by atoms with van der Waals surface area (Å²) in [4.78, 5) is 0. The summed E-state index contributed by atoms with van der Waals surface area (Å²) >= 11 is 0. The second-order valence-corrected chi connectivity index (χ2v) is 4.37. The monoisotopic (exact) mass is 252 g/mol. The van der Waals surface area contributed by atoms with Crippen LogP contribution in [0.4, 0.5) is 0 Å². The number of rotatable bonds is 6. The Hall–Kier alpha value is -1.26. The summed E-state index contributed by atoms with van der Waals surface area (Å²) in [5, 5.41) is 3.25. The fourth-order valence-corrected chi connectivity index (χ4v) is 2.05. The quantitative estimate of drug-likeness (QED) is 0.812. The van der Waals surface area contributed by atoms with Crippen molar-refractivity contribution in [3.05, 3.63) is 22.8 Å². The number of hydrogen-bond acceptors (Lipinski definition) is 4. The van der Waals surface area contributed by atoms with Gasteiger partial charge in [-0.2, -0.15) is 0 Å². The molecule has 0 aromatic heterocycles. The fraction of sp³-hybridized carbons (Fsp3) is 0.571. The van der Waals surface area contributed by atoms with Crippen LogP contribution in [0, 0.1) is 13.8 Å². The first-order valence-electron chi connectivity index (χ1n) is 6.25. The van der Waals surface area contributed by atoms with Crippen LogP contribution in [-0.2, 0) is 0 Å². The summed E-state index contributed by atoms with van der Waals surface area (Å²) in [5.41, 5.74) is 9.36. The van der Waals surface area contributed by atoms with Crippen LogP contribution in [0.25, 0.3) is 0 Å². The summed E-state index contributed by atoms with van der Waals surface area (Å²) in [6, 6.07) is 1.87. The molecule has 0 amide bonds. The van der Waals surface area contributed by atoms with E-state index in [0.29, 0.717) is 0 Å². The van der Waals surface area contributed by atoms with E-state index >= 15 is 0 Å². The third-order valence-electron chi connectivity index (χ3n) is 3.26. The number of ether oxygens (including phenoxy) is 2. The van der Waals surface area contributed by atoms with E-state index in [2.05, 4.69) is 12.2 Å². The molecule has 0 aliphatic carbocycles. The van der Waals surface area contributed by atoms with E-state index in [1.54, 1.807) is 14.2 Å². The van der Waals surface area contributed by atoms with E-state index in [4.69, 9.17) is 15.2 Å². The summed E-state index contributed by atoms with van der Waals surface area (Å²) < 4.78 is 10.9. The summed E-state index contributed by atoms with van der Waals surface area (Å²) in [6.45, 7) is 7.73. The number of nitrogens with one attached hydrogen (secondary N) is 1. The van der Waals surface area contributed by atoms with Gasteiger partial charge in [0, 0.05) is 18.2 Å². The molecule has 0 heterocycles. The van der Waals surface area contributed by atoms with Crippen LogP contribution >= 0.6 is 0 Å². The number of methoxy groups -OCH3 is 2. The Kier molecular flexibility index (Phi) is 5.44. The van der Waals surface area contributed by atoms with Crippen LogP contribution in [-0.4, -0.2) is 27.3 Å². The highest BCUT2D eigenvalue weighted by molar-refractivity contribution is 5.53. The molecule has 0 fully saturated rings. The summed E-state index contributed by atoms with van der Waals surface area (Å²) in [6.07, 6.45) is 0. The molecule has 0 aliphatic rings. The van der Waals surface area contributed by atoms with E-state index < -0.39 is 0 Å². The van der Waals surface area contributed by atoms with Gasteiger partial charge in [0.25, 0.3) is 0 Å². The zero-order valence-corrected chi connectivity index (χ0v) is 12.0. The second-order valence-electron chi connectivity index (χ2n) is 4.37. The third-order valence-corrected chi connectivity index (χ3v) is 3.26. The zero-order valence-electron chi connectivity index (χ0n) is 12.0. The highest BCUT2D eigenvalue weighted by Gasteiger charge is 2.18. The molecule has 0 bridgehead atoms. The lowest BCUT2D eigenvalue weighted by atomic mass is 9.98. The van der Waals surface area contributed by atoms with Gasteiger partial charge < -0.3 is 20.5 Å². The van der Waals surface area contributed by atoms with Gasteiger partial charge in [0.2, 0.25) is 0 Å². The lowest BCUT2D eigenvalue weighted by Crippen LogP contribution is -2.27. The van der Waals surface area contributed by atoms with Crippen LogP contribution in [0.3, 0.4) is 0 Å². The molecule has 1 rings (SSSR count). The molecule has 3 N–H and O–H groups in total. The molecule has 1 aromatic rings. The number of nitrogens with two attached hydrogens (primary N) is 1. The Morgan fingerprint density at radius 2 is 1.89 bits per heavy atom. The maximum absolute atomic E-state index is 6.20. The van der Waals surface area contributed by atoms with E-state index in [-0.39, 0.29) is 6.04 Å². The first kappa shape index (κ1) is 14.8. The van der Waals surface area contributed by atoms with Crippen molar-refractivity contribution in [1.29, 1.82) is 0 Å². The Balaban J connectivity index is 3.20. The van der Waals surface area contributed by atoms with Crippen molar-refractivity contribution in [3.8, 4) is 11.5 Å². The molecule has 4 heteroatoms. The predicted molar refractivity (Wildman–Crippen MR) is 74.5 cm³/mol. The van der Waals surface area contributed by atoms with Crippen LogP contribution in [0.2, 0.25) is 0 Å². The van der Waals surface area contributed by atoms with E-state index in [9.17, 15) is 0 Å². The Bertz CT molecular complexity index is 405. The molecule has 1 atom stereocenters. The van der Waals surface area contributed by atoms with Gasteiger partial charge in [-0.05, 0) is 37.6 Å². The summed E-state index contributed by atoms with van der Waals surface area (Å²) in [7, 11) is 3.35. The minimum atomic E-state index is -0.104. The molecule has 1 unspecified atom stereocenters. The highest BCUT2D eigenvalue weighted by Crippen LogP contribution is 2.35. The first-order valence-corrected chi connectivity index (χ1v) is 6.25. The molecule has 1 aromatic carbocycles. The fourth-order valence-electron chi connectivity index (χ4n) is 2.05. The van der Waals surface area contributed by atoms with Gasteiger partial charge in [0.05, 0.1) is 14.2 Å². The average molecular weight is 252 g/mol. The van der Waals surface area contributed by atoms with Crippen molar-refractivity contribution >= 4 is 0 Å². The van der Waals surface area contributed by atoms with Crippen molar-refractivity contribution in [2.24, 2.45) is 5.73 Å². The minimum absolute atomic E-state index is 0.104. The molecular weight excluding hydrogens is 228 g/mol. The highest BCUT2D eigenvalue weighted by atomic mass is 16.5. The topological polar surface area (TPSA) is 56.5 Å². The van der Waals surface area contributed by atoms with Crippen LogP contribution < -0.4 is 20.5 Å². The van der Waals surface area contributed by atoms with Crippen molar-refractivity contribution in [2.75, 3.05) is 27.3 Å². The van der Waals surface area contributed by atoms with Gasteiger partial charge in [0.1, 0.15) is 11.5 Å². The SMILES string of the molecule is CCNCC(N)c1cc(OC)c(C)c(C)c1OC. The predicted octanol–water partition coefficient (Wildman–Crippen LogP) is 1.93. The number of likely N-dealkylation sites (N-methyl/N-ethyl adjacent to an activating group) is 1. The molecule has 18 heavy (non-hydrogen) atoms. The molecule has 0 aliphatic heterocycles. The first-order chi connectivity index (χ1) is 8.56. The van der Waals surface area contributed by atoms with E-state index in [0.717, 1.165) is 41.3 Å². The van der Waals surface area contributed by atoms with E-state index in [1.165, 1.54) is 0 Å². The average Bonchev–Trinajstić information content (AvgIpc) is 2.38. The molecule has 0 saturated heterocycles. The van der Waals surface area contributed by atoms with Crippen LogP contribution in [0.15, 0.2) is 6.07 Å². The molecule has 4 nitrogen and oxygen atoms in total.